The molecular weight excluding hydrogens is 310 g/mol. The molecule has 1 aliphatic rings. The normalized spacial score (nSPS) is 19.1. The molecular formula is C17H23N3O2S. The molecule has 1 aromatic carbocycles. The number of benzene rings is 1. The van der Waals surface area contributed by atoms with E-state index >= 15 is 0 Å². The summed E-state index contributed by atoms with van der Waals surface area (Å²) in [6.07, 6.45) is 3.34. The molecule has 1 aromatic heterocycles. The lowest BCUT2D eigenvalue weighted by Gasteiger charge is -2.33. The second-order valence-electron chi connectivity index (χ2n) is 6.44. The molecule has 6 heteroatoms. The molecule has 0 bridgehead atoms. The van der Waals surface area contributed by atoms with Crippen molar-refractivity contribution in [2.45, 2.75) is 37.6 Å². The number of nitrogens with two attached hydrogens (primary N) is 1. The third kappa shape index (κ3) is 3.11. The summed E-state index contributed by atoms with van der Waals surface area (Å²) in [6.45, 7) is 4.99. The lowest BCUT2D eigenvalue weighted by atomic mass is 9.92. The van der Waals surface area contributed by atoms with Crippen LogP contribution >= 0.6 is 0 Å². The van der Waals surface area contributed by atoms with Gasteiger partial charge < -0.3 is 5.73 Å². The molecule has 5 nitrogen and oxygen atoms in total. The Kier molecular flexibility index (Phi) is 4.40. The first-order chi connectivity index (χ1) is 10.9. The van der Waals surface area contributed by atoms with Gasteiger partial charge in [0.15, 0.2) is 0 Å². The van der Waals surface area contributed by atoms with E-state index in [1.807, 2.05) is 26.0 Å². The van der Waals surface area contributed by atoms with Crippen LogP contribution in [0.5, 0.6) is 0 Å². The minimum Gasteiger partial charge on any atom is -0.328 e. The van der Waals surface area contributed by atoms with E-state index in [9.17, 15) is 8.42 Å². The van der Waals surface area contributed by atoms with Gasteiger partial charge in [-0.05, 0) is 50.3 Å². The zero-order valence-electron chi connectivity index (χ0n) is 13.6. The number of aryl methyl sites for hydroxylation is 1. The molecule has 0 saturated carbocycles. The summed E-state index contributed by atoms with van der Waals surface area (Å²) in [6, 6.07) is 7.41. The topological polar surface area (TPSA) is 76.3 Å². The van der Waals surface area contributed by atoms with Gasteiger partial charge in [0.1, 0.15) is 4.90 Å². The molecule has 2 heterocycles. The Morgan fingerprint density at radius 2 is 2.00 bits per heavy atom. The van der Waals surface area contributed by atoms with Crippen molar-refractivity contribution in [2.24, 2.45) is 11.7 Å². The van der Waals surface area contributed by atoms with Crippen molar-refractivity contribution in [2.75, 3.05) is 13.1 Å². The molecule has 23 heavy (non-hydrogen) atoms. The highest BCUT2D eigenvalue weighted by atomic mass is 32.2. The van der Waals surface area contributed by atoms with Crippen LogP contribution in [0.4, 0.5) is 0 Å². The van der Waals surface area contributed by atoms with Gasteiger partial charge in [-0.1, -0.05) is 12.1 Å². The molecule has 124 valence electrons. The van der Waals surface area contributed by atoms with E-state index in [0.717, 1.165) is 23.8 Å². The van der Waals surface area contributed by atoms with Gasteiger partial charge in [0.25, 0.3) is 0 Å². The van der Waals surface area contributed by atoms with E-state index in [1.165, 1.54) is 0 Å². The minimum absolute atomic E-state index is 0.113. The number of sulfonamides is 1. The Hall–Kier alpha value is -1.50. The Labute approximate surface area is 137 Å². The maximum atomic E-state index is 13.0. The molecule has 1 aliphatic heterocycles. The van der Waals surface area contributed by atoms with Crippen LogP contribution in [0.1, 0.15) is 25.3 Å². The minimum atomic E-state index is -3.52. The van der Waals surface area contributed by atoms with E-state index in [2.05, 4.69) is 4.98 Å². The van der Waals surface area contributed by atoms with Crippen molar-refractivity contribution < 1.29 is 8.42 Å². The standard InChI is InChI=1S/C17H23N3O2S/c1-12-10-15-4-3-5-16(17(15)19-11-12)23(21,22)20-8-6-14(7-9-20)13(2)18/h3-5,10-11,13-14H,6-9,18H2,1-2H3. The Bertz CT molecular complexity index is 810. The largest absolute Gasteiger partial charge is 0.328 e. The number of rotatable bonds is 3. The van der Waals surface area contributed by atoms with E-state index in [1.54, 1.807) is 22.6 Å². The number of pyridine rings is 1. The fourth-order valence-corrected chi connectivity index (χ4v) is 4.87. The summed E-state index contributed by atoms with van der Waals surface area (Å²) in [7, 11) is -3.52. The summed E-state index contributed by atoms with van der Waals surface area (Å²) in [5.74, 6) is 0.398. The molecule has 1 saturated heterocycles. The van der Waals surface area contributed by atoms with Gasteiger partial charge in [0.2, 0.25) is 10.0 Å². The number of fused-ring (bicyclic) bond motifs is 1. The van der Waals surface area contributed by atoms with Crippen molar-refractivity contribution in [3.63, 3.8) is 0 Å². The molecule has 0 amide bonds. The number of hydrogen-bond donors (Lipinski definition) is 1. The van der Waals surface area contributed by atoms with Crippen LogP contribution in [-0.2, 0) is 10.0 Å². The smallest absolute Gasteiger partial charge is 0.245 e. The zero-order chi connectivity index (χ0) is 16.6. The molecule has 2 aromatic rings. The van der Waals surface area contributed by atoms with E-state index in [-0.39, 0.29) is 6.04 Å². The third-order valence-electron chi connectivity index (χ3n) is 4.67. The van der Waals surface area contributed by atoms with Gasteiger partial charge in [-0.3, -0.25) is 4.98 Å². The molecule has 0 spiro atoms. The lowest BCUT2D eigenvalue weighted by molar-refractivity contribution is 0.251. The summed E-state index contributed by atoms with van der Waals surface area (Å²) < 4.78 is 27.6. The highest BCUT2D eigenvalue weighted by Gasteiger charge is 2.31. The van der Waals surface area contributed by atoms with Crippen LogP contribution in [0.15, 0.2) is 35.4 Å². The third-order valence-corrected chi connectivity index (χ3v) is 6.60. The number of aromatic nitrogens is 1. The average Bonchev–Trinajstić information content (AvgIpc) is 2.54. The predicted octanol–water partition coefficient (Wildman–Crippen LogP) is 2.29. The van der Waals surface area contributed by atoms with Crippen LogP contribution in [0.25, 0.3) is 10.9 Å². The molecule has 0 radical (unpaired) electrons. The van der Waals surface area contributed by atoms with Crippen molar-refractivity contribution in [3.8, 4) is 0 Å². The van der Waals surface area contributed by atoms with Crippen molar-refractivity contribution in [1.29, 1.82) is 0 Å². The second-order valence-corrected chi connectivity index (χ2v) is 8.35. The SMILES string of the molecule is Cc1cnc2c(S(=O)(=O)N3CCC(C(C)N)CC3)cccc2c1. The van der Waals surface area contributed by atoms with Gasteiger partial charge in [-0.25, -0.2) is 8.42 Å². The van der Waals surface area contributed by atoms with Crippen molar-refractivity contribution in [1.82, 2.24) is 9.29 Å². The van der Waals surface area contributed by atoms with E-state index in [0.29, 0.717) is 29.4 Å². The zero-order valence-corrected chi connectivity index (χ0v) is 14.4. The number of piperidine rings is 1. The fraction of sp³-hybridized carbons (Fsp3) is 0.471. The fourth-order valence-electron chi connectivity index (χ4n) is 3.23. The van der Waals surface area contributed by atoms with E-state index in [4.69, 9.17) is 5.73 Å². The van der Waals surface area contributed by atoms with Crippen molar-refractivity contribution in [3.05, 3.63) is 36.0 Å². The molecule has 1 atom stereocenters. The highest BCUT2D eigenvalue weighted by Crippen LogP contribution is 2.28. The Morgan fingerprint density at radius 3 is 2.65 bits per heavy atom. The first-order valence-corrected chi connectivity index (χ1v) is 9.44. The van der Waals surface area contributed by atoms with Crippen LogP contribution in [-0.4, -0.2) is 36.8 Å². The predicted molar refractivity (Wildman–Crippen MR) is 91.6 cm³/mol. The highest BCUT2D eigenvalue weighted by molar-refractivity contribution is 7.89. The molecule has 2 N–H and O–H groups in total. The first-order valence-electron chi connectivity index (χ1n) is 8.00. The first kappa shape index (κ1) is 16.4. The number of nitrogens with zero attached hydrogens (tertiary/aromatic N) is 2. The quantitative estimate of drug-likeness (QED) is 0.935. The lowest BCUT2D eigenvalue weighted by Crippen LogP contribution is -2.42. The summed E-state index contributed by atoms with van der Waals surface area (Å²) in [5.41, 5.74) is 7.51. The van der Waals surface area contributed by atoms with E-state index < -0.39 is 10.0 Å². The maximum Gasteiger partial charge on any atom is 0.245 e. The summed E-state index contributed by atoms with van der Waals surface area (Å²) in [5, 5.41) is 0.858. The monoisotopic (exact) mass is 333 g/mol. The maximum absolute atomic E-state index is 13.0. The molecule has 0 aliphatic carbocycles. The van der Waals surface area contributed by atoms with Gasteiger partial charge in [-0.15, -0.1) is 0 Å². The van der Waals surface area contributed by atoms with Gasteiger partial charge in [0, 0.05) is 30.7 Å². The van der Waals surface area contributed by atoms with Crippen LogP contribution < -0.4 is 5.73 Å². The molecule has 1 unspecified atom stereocenters. The second kappa shape index (κ2) is 6.19. The van der Waals surface area contributed by atoms with Gasteiger partial charge in [-0.2, -0.15) is 4.31 Å². The number of hydrogen-bond acceptors (Lipinski definition) is 4. The molecule has 3 rings (SSSR count). The number of para-hydroxylation sites is 1. The van der Waals surface area contributed by atoms with Gasteiger partial charge in [0.05, 0.1) is 5.52 Å². The van der Waals surface area contributed by atoms with Crippen LogP contribution in [0.3, 0.4) is 0 Å². The van der Waals surface area contributed by atoms with Crippen molar-refractivity contribution >= 4 is 20.9 Å². The summed E-state index contributed by atoms with van der Waals surface area (Å²) in [4.78, 5) is 4.66. The molecule has 1 fully saturated rings. The van der Waals surface area contributed by atoms with Crippen LogP contribution in [0.2, 0.25) is 0 Å². The Balaban J connectivity index is 1.95. The summed E-state index contributed by atoms with van der Waals surface area (Å²) >= 11 is 0. The Morgan fingerprint density at radius 1 is 1.30 bits per heavy atom. The average molecular weight is 333 g/mol. The van der Waals surface area contributed by atoms with Gasteiger partial charge >= 0.3 is 0 Å². The van der Waals surface area contributed by atoms with Crippen LogP contribution in [0, 0.1) is 12.8 Å².